The first-order valence-corrected chi connectivity index (χ1v) is 5.02. The van der Waals surface area contributed by atoms with Crippen LogP contribution in [-0.4, -0.2) is 5.54 Å². The van der Waals surface area contributed by atoms with Gasteiger partial charge >= 0.3 is 0 Å². The molecule has 1 fully saturated rings. The van der Waals surface area contributed by atoms with Crippen LogP contribution in [0.1, 0.15) is 36.8 Å². The molecule has 13 heavy (non-hydrogen) atoms. The van der Waals surface area contributed by atoms with Gasteiger partial charge in [-0.05, 0) is 30.9 Å². The average molecular weight is 175 g/mol. The highest BCUT2D eigenvalue weighted by molar-refractivity contribution is 5.38. The molecule has 1 aliphatic rings. The normalized spacial score (nSPS) is 31.8. The Morgan fingerprint density at radius 1 is 1.46 bits per heavy atom. The third kappa shape index (κ3) is 1.37. The first-order chi connectivity index (χ1) is 6.17. The lowest BCUT2D eigenvalue weighted by molar-refractivity contribution is 0.625. The first kappa shape index (κ1) is 8.76. The molecular weight excluding hydrogens is 158 g/mol. The molecule has 2 N–H and O–H groups in total. The highest BCUT2D eigenvalue weighted by atomic mass is 14.9. The molecule has 0 saturated heterocycles. The smallest absolute Gasteiger partial charge is 0.0228 e. The van der Waals surface area contributed by atoms with Gasteiger partial charge in [0.15, 0.2) is 0 Å². The first-order valence-electron chi connectivity index (χ1n) is 5.02. The van der Waals surface area contributed by atoms with Gasteiger partial charge < -0.3 is 5.73 Å². The maximum Gasteiger partial charge on any atom is 0.0228 e. The molecular formula is C12H17N. The summed E-state index contributed by atoms with van der Waals surface area (Å²) in [6.45, 7) is 4.35. The van der Waals surface area contributed by atoms with Crippen molar-refractivity contribution in [2.24, 2.45) is 5.73 Å². The van der Waals surface area contributed by atoms with Crippen molar-refractivity contribution in [2.45, 2.75) is 38.1 Å². The van der Waals surface area contributed by atoms with Crippen LogP contribution in [0, 0.1) is 6.92 Å². The van der Waals surface area contributed by atoms with E-state index in [-0.39, 0.29) is 5.54 Å². The standard InChI is InChI=1S/C12H17N/c1-3-12(13)8-11(12)10-7-5-4-6-9(10)2/h4-7,11H,3,8,13H2,1-2H3. The fraction of sp³-hybridized carbons (Fsp3) is 0.500. The maximum absolute atomic E-state index is 6.19. The molecule has 0 spiro atoms. The van der Waals surface area contributed by atoms with E-state index in [0.29, 0.717) is 5.92 Å². The molecule has 1 aromatic rings. The lowest BCUT2D eigenvalue weighted by Gasteiger charge is -2.09. The summed E-state index contributed by atoms with van der Waals surface area (Å²) in [4.78, 5) is 0. The second-order valence-electron chi connectivity index (χ2n) is 4.20. The second kappa shape index (κ2) is 2.85. The lowest BCUT2D eigenvalue weighted by Crippen LogP contribution is -2.22. The Morgan fingerprint density at radius 2 is 2.15 bits per heavy atom. The molecule has 1 aliphatic carbocycles. The Hall–Kier alpha value is -0.820. The molecule has 0 heterocycles. The minimum Gasteiger partial charge on any atom is -0.325 e. The topological polar surface area (TPSA) is 26.0 Å². The fourth-order valence-electron chi connectivity index (χ4n) is 2.11. The third-order valence-corrected chi connectivity index (χ3v) is 3.34. The maximum atomic E-state index is 6.19. The molecule has 1 nitrogen and oxygen atoms in total. The van der Waals surface area contributed by atoms with E-state index in [2.05, 4.69) is 38.1 Å². The summed E-state index contributed by atoms with van der Waals surface area (Å²) in [6, 6.07) is 8.58. The second-order valence-corrected chi connectivity index (χ2v) is 4.20. The predicted molar refractivity (Wildman–Crippen MR) is 55.7 cm³/mol. The van der Waals surface area contributed by atoms with Crippen LogP contribution >= 0.6 is 0 Å². The van der Waals surface area contributed by atoms with Crippen LogP contribution in [0.5, 0.6) is 0 Å². The van der Waals surface area contributed by atoms with Gasteiger partial charge in [0.05, 0.1) is 0 Å². The molecule has 1 aromatic carbocycles. The van der Waals surface area contributed by atoms with Crippen molar-refractivity contribution in [3.8, 4) is 0 Å². The van der Waals surface area contributed by atoms with Gasteiger partial charge in [-0.15, -0.1) is 0 Å². The monoisotopic (exact) mass is 175 g/mol. The molecule has 2 unspecified atom stereocenters. The van der Waals surface area contributed by atoms with Crippen LogP contribution in [-0.2, 0) is 0 Å². The third-order valence-electron chi connectivity index (χ3n) is 3.34. The van der Waals surface area contributed by atoms with Crippen LogP contribution < -0.4 is 5.73 Å². The predicted octanol–water partition coefficient (Wildman–Crippen LogP) is 2.59. The molecule has 1 heteroatoms. The van der Waals surface area contributed by atoms with E-state index in [4.69, 9.17) is 5.73 Å². The van der Waals surface area contributed by atoms with E-state index >= 15 is 0 Å². The summed E-state index contributed by atoms with van der Waals surface area (Å²) in [6.07, 6.45) is 2.25. The number of benzene rings is 1. The Morgan fingerprint density at radius 3 is 2.69 bits per heavy atom. The van der Waals surface area contributed by atoms with Crippen LogP contribution in [0.4, 0.5) is 0 Å². The summed E-state index contributed by atoms with van der Waals surface area (Å²) in [5.74, 6) is 0.610. The van der Waals surface area contributed by atoms with Crippen molar-refractivity contribution < 1.29 is 0 Å². The average Bonchev–Trinajstić information content (AvgIpc) is 2.80. The van der Waals surface area contributed by atoms with Crippen LogP contribution in [0.2, 0.25) is 0 Å². The van der Waals surface area contributed by atoms with Gasteiger partial charge in [-0.3, -0.25) is 0 Å². The summed E-state index contributed by atoms with van der Waals surface area (Å²) >= 11 is 0. The highest BCUT2D eigenvalue weighted by Gasteiger charge is 2.50. The van der Waals surface area contributed by atoms with Crippen molar-refractivity contribution in [3.63, 3.8) is 0 Å². The van der Waals surface area contributed by atoms with E-state index in [1.54, 1.807) is 0 Å². The largest absolute Gasteiger partial charge is 0.325 e. The summed E-state index contributed by atoms with van der Waals surface area (Å²) in [5, 5.41) is 0. The minimum absolute atomic E-state index is 0.103. The number of hydrogen-bond acceptors (Lipinski definition) is 1. The van der Waals surface area contributed by atoms with Crippen molar-refractivity contribution in [2.75, 3.05) is 0 Å². The molecule has 1 saturated carbocycles. The van der Waals surface area contributed by atoms with Crippen LogP contribution in [0.25, 0.3) is 0 Å². The van der Waals surface area contributed by atoms with Crippen LogP contribution in [0.3, 0.4) is 0 Å². The Labute approximate surface area is 80.0 Å². The van der Waals surface area contributed by atoms with Crippen molar-refractivity contribution >= 4 is 0 Å². The zero-order valence-corrected chi connectivity index (χ0v) is 8.38. The quantitative estimate of drug-likeness (QED) is 0.734. The van der Waals surface area contributed by atoms with Gasteiger partial charge in [0.2, 0.25) is 0 Å². The molecule has 2 atom stereocenters. The Balaban J connectivity index is 2.25. The molecule has 0 bridgehead atoms. The Bertz CT molecular complexity index is 319. The van der Waals surface area contributed by atoms with Gasteiger partial charge in [0, 0.05) is 11.5 Å². The Kier molecular flexibility index (Phi) is 1.92. The van der Waals surface area contributed by atoms with Gasteiger partial charge in [0.25, 0.3) is 0 Å². The van der Waals surface area contributed by atoms with Crippen molar-refractivity contribution in [1.29, 1.82) is 0 Å². The number of rotatable bonds is 2. The van der Waals surface area contributed by atoms with E-state index in [9.17, 15) is 0 Å². The van der Waals surface area contributed by atoms with Gasteiger partial charge in [-0.1, -0.05) is 31.2 Å². The molecule has 0 radical (unpaired) electrons. The number of aryl methyl sites for hydroxylation is 1. The minimum atomic E-state index is 0.103. The summed E-state index contributed by atoms with van der Waals surface area (Å²) < 4.78 is 0. The molecule has 2 rings (SSSR count). The zero-order chi connectivity index (χ0) is 9.47. The summed E-state index contributed by atoms with van der Waals surface area (Å²) in [7, 11) is 0. The molecule has 70 valence electrons. The van der Waals surface area contributed by atoms with Crippen molar-refractivity contribution in [3.05, 3.63) is 35.4 Å². The SMILES string of the molecule is CCC1(N)CC1c1ccccc1C. The zero-order valence-electron chi connectivity index (χ0n) is 8.38. The van der Waals surface area contributed by atoms with Gasteiger partial charge in [-0.25, -0.2) is 0 Å². The lowest BCUT2D eigenvalue weighted by atomic mass is 10.0. The highest BCUT2D eigenvalue weighted by Crippen LogP contribution is 2.52. The van der Waals surface area contributed by atoms with E-state index < -0.39 is 0 Å². The molecule has 0 amide bonds. The number of hydrogen-bond donors (Lipinski definition) is 1. The fourth-order valence-corrected chi connectivity index (χ4v) is 2.11. The van der Waals surface area contributed by atoms with Crippen molar-refractivity contribution in [1.82, 2.24) is 0 Å². The van der Waals surface area contributed by atoms with E-state index in [1.807, 2.05) is 0 Å². The van der Waals surface area contributed by atoms with Gasteiger partial charge in [-0.2, -0.15) is 0 Å². The summed E-state index contributed by atoms with van der Waals surface area (Å²) in [5.41, 5.74) is 9.13. The van der Waals surface area contributed by atoms with E-state index in [1.165, 1.54) is 11.1 Å². The molecule has 0 aliphatic heterocycles. The number of nitrogens with two attached hydrogens (primary N) is 1. The van der Waals surface area contributed by atoms with E-state index in [0.717, 1.165) is 12.8 Å². The van der Waals surface area contributed by atoms with Gasteiger partial charge in [0.1, 0.15) is 0 Å². The molecule has 0 aromatic heterocycles. The van der Waals surface area contributed by atoms with Crippen LogP contribution in [0.15, 0.2) is 24.3 Å².